The third-order valence-corrected chi connectivity index (χ3v) is 2.01. The van der Waals surface area contributed by atoms with E-state index in [0.29, 0.717) is 18.2 Å². The molecule has 0 aliphatic heterocycles. The van der Waals surface area contributed by atoms with Crippen molar-refractivity contribution < 1.29 is 14.6 Å². The van der Waals surface area contributed by atoms with Crippen LogP contribution in [0.25, 0.3) is 0 Å². The molecule has 0 radical (unpaired) electrons. The van der Waals surface area contributed by atoms with Crippen LogP contribution in [-0.2, 0) is 4.79 Å². The lowest BCUT2D eigenvalue weighted by Gasteiger charge is -2.11. The molecule has 94 valence electrons. The summed E-state index contributed by atoms with van der Waals surface area (Å²) in [5.74, 6) is -0.283. The van der Waals surface area contributed by atoms with E-state index in [1.165, 1.54) is 6.33 Å². The maximum atomic E-state index is 10.6. The molecule has 1 aromatic heterocycles. The van der Waals surface area contributed by atoms with E-state index in [9.17, 15) is 4.79 Å². The van der Waals surface area contributed by atoms with E-state index in [0.717, 1.165) is 0 Å². The van der Waals surface area contributed by atoms with Crippen LogP contribution in [0.5, 0.6) is 5.88 Å². The Hall–Kier alpha value is -1.85. The van der Waals surface area contributed by atoms with Gasteiger partial charge < -0.3 is 15.2 Å². The molecule has 0 amide bonds. The van der Waals surface area contributed by atoms with Crippen LogP contribution in [0.2, 0.25) is 0 Å². The average Bonchev–Trinajstić information content (AvgIpc) is 2.25. The summed E-state index contributed by atoms with van der Waals surface area (Å²) < 4.78 is 5.40. The standard InChI is InChI=1S/C11H17N3O3/c1-7(2)17-10-4-9(13-6-14-10)12-5-8(3)11(15)16/h4,6-8H,5H2,1-3H3,(H,15,16)(H,12,13,14). The first-order valence-electron chi connectivity index (χ1n) is 5.44. The number of carboxylic acid groups (broad SMARTS) is 1. The second-order valence-corrected chi connectivity index (χ2v) is 4.03. The molecular formula is C11H17N3O3. The number of hydrogen-bond donors (Lipinski definition) is 2. The molecule has 1 heterocycles. The van der Waals surface area contributed by atoms with Gasteiger partial charge >= 0.3 is 5.97 Å². The molecule has 6 heteroatoms. The highest BCUT2D eigenvalue weighted by atomic mass is 16.5. The van der Waals surface area contributed by atoms with Crippen LogP contribution in [-0.4, -0.2) is 33.7 Å². The fourth-order valence-corrected chi connectivity index (χ4v) is 1.09. The number of aliphatic carboxylic acids is 1. The Balaban J connectivity index is 2.56. The van der Waals surface area contributed by atoms with Crippen molar-refractivity contribution in [2.24, 2.45) is 5.92 Å². The second kappa shape index (κ2) is 6.03. The molecule has 0 saturated carbocycles. The lowest BCUT2D eigenvalue weighted by Crippen LogP contribution is -2.20. The molecule has 1 aromatic rings. The number of aromatic nitrogens is 2. The summed E-state index contributed by atoms with van der Waals surface area (Å²) in [4.78, 5) is 18.6. The number of rotatable bonds is 6. The maximum absolute atomic E-state index is 10.6. The van der Waals surface area contributed by atoms with E-state index in [4.69, 9.17) is 9.84 Å². The molecular weight excluding hydrogens is 222 g/mol. The van der Waals surface area contributed by atoms with E-state index >= 15 is 0 Å². The van der Waals surface area contributed by atoms with Crippen LogP contribution in [0.4, 0.5) is 5.82 Å². The van der Waals surface area contributed by atoms with Gasteiger partial charge in [0.1, 0.15) is 12.1 Å². The molecule has 0 aliphatic carbocycles. The Morgan fingerprint density at radius 2 is 2.18 bits per heavy atom. The van der Waals surface area contributed by atoms with Gasteiger partial charge in [-0.3, -0.25) is 4.79 Å². The Kier molecular flexibility index (Phi) is 4.68. The maximum Gasteiger partial charge on any atom is 0.308 e. The summed E-state index contributed by atoms with van der Waals surface area (Å²) in [5.41, 5.74) is 0. The third kappa shape index (κ3) is 4.67. The van der Waals surface area contributed by atoms with E-state index in [2.05, 4.69) is 15.3 Å². The predicted octanol–water partition coefficient (Wildman–Crippen LogP) is 1.40. The minimum atomic E-state index is -0.842. The summed E-state index contributed by atoms with van der Waals surface area (Å²) in [6.07, 6.45) is 1.42. The molecule has 6 nitrogen and oxygen atoms in total. The lowest BCUT2D eigenvalue weighted by molar-refractivity contribution is -0.140. The van der Waals surface area contributed by atoms with Crippen LogP contribution in [0.15, 0.2) is 12.4 Å². The van der Waals surface area contributed by atoms with Gasteiger partial charge in [0.05, 0.1) is 12.0 Å². The summed E-state index contributed by atoms with van der Waals surface area (Å²) >= 11 is 0. The van der Waals surface area contributed by atoms with Gasteiger partial charge in [-0.05, 0) is 13.8 Å². The van der Waals surface area contributed by atoms with Gasteiger partial charge in [-0.2, -0.15) is 0 Å². The van der Waals surface area contributed by atoms with Crippen LogP contribution in [0.1, 0.15) is 20.8 Å². The number of nitrogens with zero attached hydrogens (tertiary/aromatic N) is 2. The van der Waals surface area contributed by atoms with Gasteiger partial charge in [0.25, 0.3) is 0 Å². The Morgan fingerprint density at radius 1 is 1.47 bits per heavy atom. The fraction of sp³-hybridized carbons (Fsp3) is 0.545. The molecule has 0 saturated heterocycles. The molecule has 0 aliphatic rings. The van der Waals surface area contributed by atoms with Gasteiger partial charge in [-0.25, -0.2) is 9.97 Å². The molecule has 17 heavy (non-hydrogen) atoms. The largest absolute Gasteiger partial charge is 0.481 e. The van der Waals surface area contributed by atoms with Gasteiger partial charge in [-0.1, -0.05) is 6.92 Å². The van der Waals surface area contributed by atoms with Crippen molar-refractivity contribution in [2.75, 3.05) is 11.9 Å². The monoisotopic (exact) mass is 239 g/mol. The smallest absolute Gasteiger partial charge is 0.308 e. The zero-order valence-electron chi connectivity index (χ0n) is 10.2. The SMILES string of the molecule is CC(C)Oc1cc(NCC(C)C(=O)O)ncn1. The van der Waals surface area contributed by atoms with Gasteiger partial charge in [-0.15, -0.1) is 0 Å². The fourth-order valence-electron chi connectivity index (χ4n) is 1.09. The topological polar surface area (TPSA) is 84.3 Å². The molecule has 1 rings (SSSR count). The number of nitrogens with one attached hydrogen (secondary N) is 1. The normalized spacial score (nSPS) is 12.2. The van der Waals surface area contributed by atoms with Crippen LogP contribution in [0.3, 0.4) is 0 Å². The zero-order chi connectivity index (χ0) is 12.8. The third-order valence-electron chi connectivity index (χ3n) is 2.01. The number of carboxylic acids is 1. The molecule has 0 fully saturated rings. The minimum Gasteiger partial charge on any atom is -0.481 e. The van der Waals surface area contributed by atoms with Crippen molar-refractivity contribution >= 4 is 11.8 Å². The van der Waals surface area contributed by atoms with Crippen LogP contribution < -0.4 is 10.1 Å². The zero-order valence-corrected chi connectivity index (χ0v) is 10.2. The Morgan fingerprint density at radius 3 is 2.76 bits per heavy atom. The lowest BCUT2D eigenvalue weighted by atomic mass is 10.2. The Bertz CT molecular complexity index is 382. The van der Waals surface area contributed by atoms with E-state index < -0.39 is 11.9 Å². The number of hydrogen-bond acceptors (Lipinski definition) is 5. The van der Waals surface area contributed by atoms with Crippen LogP contribution in [0, 0.1) is 5.92 Å². The molecule has 0 spiro atoms. The van der Waals surface area contributed by atoms with Gasteiger partial charge in [0.15, 0.2) is 0 Å². The predicted molar refractivity (Wildman–Crippen MR) is 63.1 cm³/mol. The van der Waals surface area contributed by atoms with E-state index in [1.54, 1.807) is 13.0 Å². The van der Waals surface area contributed by atoms with Gasteiger partial charge in [0.2, 0.25) is 5.88 Å². The quantitative estimate of drug-likeness (QED) is 0.780. The molecule has 0 aromatic carbocycles. The molecule has 2 N–H and O–H groups in total. The summed E-state index contributed by atoms with van der Waals surface area (Å²) in [7, 11) is 0. The molecule has 1 atom stereocenters. The number of anilines is 1. The molecule has 1 unspecified atom stereocenters. The number of carbonyl (C=O) groups is 1. The molecule has 0 bridgehead atoms. The van der Waals surface area contributed by atoms with Crippen molar-refractivity contribution in [3.63, 3.8) is 0 Å². The first-order chi connectivity index (χ1) is 7.99. The van der Waals surface area contributed by atoms with Crippen molar-refractivity contribution in [3.8, 4) is 5.88 Å². The summed E-state index contributed by atoms with van der Waals surface area (Å²) in [6, 6.07) is 1.65. The van der Waals surface area contributed by atoms with Gasteiger partial charge in [0, 0.05) is 12.6 Å². The minimum absolute atomic E-state index is 0.0377. The second-order valence-electron chi connectivity index (χ2n) is 4.03. The van der Waals surface area contributed by atoms with E-state index in [-0.39, 0.29) is 6.10 Å². The number of ether oxygens (including phenoxy) is 1. The summed E-state index contributed by atoms with van der Waals surface area (Å²) in [6.45, 7) is 5.75. The first-order valence-corrected chi connectivity index (χ1v) is 5.44. The van der Waals surface area contributed by atoms with Crippen molar-refractivity contribution in [1.29, 1.82) is 0 Å². The van der Waals surface area contributed by atoms with Crippen molar-refractivity contribution in [1.82, 2.24) is 9.97 Å². The first kappa shape index (κ1) is 13.2. The summed E-state index contributed by atoms with van der Waals surface area (Å²) in [5, 5.41) is 11.7. The van der Waals surface area contributed by atoms with Crippen molar-refractivity contribution in [3.05, 3.63) is 12.4 Å². The Labute approximate surface area is 100 Å². The van der Waals surface area contributed by atoms with Crippen LogP contribution >= 0.6 is 0 Å². The highest BCUT2D eigenvalue weighted by Gasteiger charge is 2.10. The highest BCUT2D eigenvalue weighted by Crippen LogP contribution is 2.12. The van der Waals surface area contributed by atoms with Crippen molar-refractivity contribution in [2.45, 2.75) is 26.9 Å². The average molecular weight is 239 g/mol. The van der Waals surface area contributed by atoms with E-state index in [1.807, 2.05) is 13.8 Å². The highest BCUT2D eigenvalue weighted by molar-refractivity contribution is 5.70.